The van der Waals surface area contributed by atoms with Gasteiger partial charge in [-0.05, 0) is 30.9 Å². The van der Waals surface area contributed by atoms with Crippen LogP contribution in [-0.4, -0.2) is 40.1 Å². The predicted molar refractivity (Wildman–Crippen MR) is 105 cm³/mol. The second kappa shape index (κ2) is 9.07. The molecule has 0 spiro atoms. The van der Waals surface area contributed by atoms with Crippen molar-refractivity contribution in [3.05, 3.63) is 24.3 Å². The highest BCUT2D eigenvalue weighted by atomic mass is 32.2. The monoisotopic (exact) mass is 376 g/mol. The molecular weight excluding hydrogens is 348 g/mol. The van der Waals surface area contributed by atoms with Crippen LogP contribution in [0.4, 0.5) is 0 Å². The minimum Gasteiger partial charge on any atom is -0.496 e. The fraction of sp³-hybridized carbons (Fsp3) is 0.526. The predicted octanol–water partition coefficient (Wildman–Crippen LogP) is 3.62. The molecule has 1 amide bonds. The number of nitrogens with zero attached hydrogens (tertiary/aromatic N) is 3. The number of rotatable bonds is 8. The highest BCUT2D eigenvalue weighted by Crippen LogP contribution is 2.30. The normalized spacial score (nSPS) is 11.4. The van der Waals surface area contributed by atoms with E-state index in [4.69, 9.17) is 4.74 Å². The molecule has 0 aliphatic heterocycles. The molecule has 1 aromatic carbocycles. The summed E-state index contributed by atoms with van der Waals surface area (Å²) < 4.78 is 7.43. The second-order valence-corrected chi connectivity index (χ2v) is 8.14. The smallest absolute Gasteiger partial charge is 0.230 e. The third-order valence-electron chi connectivity index (χ3n) is 3.91. The Hall–Kier alpha value is -2.02. The molecule has 0 saturated heterocycles. The molecule has 6 nitrogen and oxygen atoms in total. The first-order chi connectivity index (χ1) is 12.4. The van der Waals surface area contributed by atoms with Crippen LogP contribution in [0.15, 0.2) is 29.4 Å². The van der Waals surface area contributed by atoms with E-state index in [0.717, 1.165) is 28.7 Å². The van der Waals surface area contributed by atoms with Crippen molar-refractivity contribution < 1.29 is 9.53 Å². The summed E-state index contributed by atoms with van der Waals surface area (Å²) >= 11 is 1.40. The zero-order chi connectivity index (χ0) is 19.2. The SMILES string of the molecule is CCn1c(SCC(=O)NCCC(C)(C)C)nnc1-c1ccccc1OC. The van der Waals surface area contributed by atoms with Gasteiger partial charge in [-0.25, -0.2) is 0 Å². The Kier molecular flexibility index (Phi) is 7.08. The summed E-state index contributed by atoms with van der Waals surface area (Å²) in [6.07, 6.45) is 0.951. The van der Waals surface area contributed by atoms with E-state index in [0.29, 0.717) is 18.8 Å². The summed E-state index contributed by atoms with van der Waals surface area (Å²) in [5.41, 5.74) is 1.11. The number of benzene rings is 1. The zero-order valence-corrected chi connectivity index (χ0v) is 17.0. The van der Waals surface area contributed by atoms with Crippen LogP contribution >= 0.6 is 11.8 Å². The Morgan fingerprint density at radius 2 is 2.00 bits per heavy atom. The second-order valence-electron chi connectivity index (χ2n) is 7.20. The minimum absolute atomic E-state index is 0.0174. The van der Waals surface area contributed by atoms with Gasteiger partial charge in [-0.2, -0.15) is 0 Å². The quantitative estimate of drug-likeness (QED) is 0.713. The number of aromatic nitrogens is 3. The van der Waals surface area contributed by atoms with Crippen LogP contribution in [0.3, 0.4) is 0 Å². The van der Waals surface area contributed by atoms with Gasteiger partial charge in [-0.1, -0.05) is 44.7 Å². The summed E-state index contributed by atoms with van der Waals surface area (Å²) in [4.78, 5) is 12.1. The van der Waals surface area contributed by atoms with E-state index in [9.17, 15) is 4.79 Å². The van der Waals surface area contributed by atoms with Gasteiger partial charge in [0.25, 0.3) is 0 Å². The van der Waals surface area contributed by atoms with Crippen molar-refractivity contribution in [2.24, 2.45) is 5.41 Å². The van der Waals surface area contributed by atoms with E-state index >= 15 is 0 Å². The zero-order valence-electron chi connectivity index (χ0n) is 16.2. The highest BCUT2D eigenvalue weighted by molar-refractivity contribution is 7.99. The molecule has 26 heavy (non-hydrogen) atoms. The van der Waals surface area contributed by atoms with Crippen molar-refractivity contribution in [1.82, 2.24) is 20.1 Å². The summed E-state index contributed by atoms with van der Waals surface area (Å²) in [5, 5.41) is 12.3. The maximum absolute atomic E-state index is 12.1. The fourth-order valence-electron chi connectivity index (χ4n) is 2.47. The maximum Gasteiger partial charge on any atom is 0.230 e. The number of carbonyl (C=O) groups excluding carboxylic acids is 1. The van der Waals surface area contributed by atoms with Crippen molar-refractivity contribution in [3.8, 4) is 17.1 Å². The molecule has 7 heteroatoms. The number of ether oxygens (including phenoxy) is 1. The van der Waals surface area contributed by atoms with Crippen LogP contribution in [-0.2, 0) is 11.3 Å². The number of amides is 1. The van der Waals surface area contributed by atoms with Crippen molar-refractivity contribution >= 4 is 17.7 Å². The molecule has 2 rings (SSSR count). The Morgan fingerprint density at radius 3 is 2.65 bits per heavy atom. The molecule has 0 unspecified atom stereocenters. The standard InChI is InChI=1S/C19H28N4O2S/c1-6-23-17(14-9-7-8-10-15(14)25-5)21-22-18(23)26-13-16(24)20-12-11-19(2,3)4/h7-10H,6,11-13H2,1-5H3,(H,20,24). The van der Waals surface area contributed by atoms with E-state index < -0.39 is 0 Å². The number of para-hydroxylation sites is 1. The van der Waals surface area contributed by atoms with Gasteiger partial charge < -0.3 is 14.6 Å². The van der Waals surface area contributed by atoms with Gasteiger partial charge in [0.2, 0.25) is 5.91 Å². The molecule has 0 bridgehead atoms. The maximum atomic E-state index is 12.1. The number of nitrogens with one attached hydrogen (secondary N) is 1. The van der Waals surface area contributed by atoms with Gasteiger partial charge in [0.05, 0.1) is 18.4 Å². The first-order valence-corrected chi connectivity index (χ1v) is 9.80. The topological polar surface area (TPSA) is 69.0 Å². The lowest BCUT2D eigenvalue weighted by Crippen LogP contribution is -2.28. The molecule has 0 radical (unpaired) electrons. The van der Waals surface area contributed by atoms with Gasteiger partial charge in [-0.15, -0.1) is 10.2 Å². The summed E-state index contributed by atoms with van der Waals surface area (Å²) in [6.45, 7) is 9.94. The Bertz CT molecular complexity index is 737. The van der Waals surface area contributed by atoms with E-state index in [2.05, 4.69) is 36.3 Å². The molecule has 0 saturated carbocycles. The first-order valence-electron chi connectivity index (χ1n) is 8.82. The molecule has 1 heterocycles. The number of carbonyl (C=O) groups is 1. The lowest BCUT2D eigenvalue weighted by atomic mass is 9.92. The van der Waals surface area contributed by atoms with Crippen LogP contribution in [0, 0.1) is 5.41 Å². The Balaban J connectivity index is 2.03. The van der Waals surface area contributed by atoms with Crippen LogP contribution in [0.25, 0.3) is 11.4 Å². The number of methoxy groups -OCH3 is 1. The van der Waals surface area contributed by atoms with Gasteiger partial charge in [0.15, 0.2) is 11.0 Å². The third kappa shape index (κ3) is 5.49. The lowest BCUT2D eigenvalue weighted by Gasteiger charge is -2.17. The van der Waals surface area contributed by atoms with Crippen molar-refractivity contribution in [2.45, 2.75) is 45.8 Å². The van der Waals surface area contributed by atoms with Crippen LogP contribution in [0.5, 0.6) is 5.75 Å². The average molecular weight is 377 g/mol. The van der Waals surface area contributed by atoms with Crippen molar-refractivity contribution in [2.75, 3.05) is 19.4 Å². The highest BCUT2D eigenvalue weighted by Gasteiger charge is 2.17. The van der Waals surface area contributed by atoms with Gasteiger partial charge in [0, 0.05) is 13.1 Å². The minimum atomic E-state index is 0.0174. The molecule has 0 aliphatic carbocycles. The fourth-order valence-corrected chi connectivity index (χ4v) is 3.30. The molecule has 1 aromatic heterocycles. The molecule has 0 fully saturated rings. The molecule has 0 atom stereocenters. The molecule has 2 aromatic rings. The van der Waals surface area contributed by atoms with E-state index in [1.165, 1.54) is 11.8 Å². The summed E-state index contributed by atoms with van der Waals surface area (Å²) in [6, 6.07) is 7.73. The number of hydrogen-bond acceptors (Lipinski definition) is 5. The van der Waals surface area contributed by atoms with Gasteiger partial charge >= 0.3 is 0 Å². The average Bonchev–Trinajstić information content (AvgIpc) is 3.01. The van der Waals surface area contributed by atoms with E-state index in [1.54, 1.807) is 7.11 Å². The van der Waals surface area contributed by atoms with Crippen LogP contribution in [0.2, 0.25) is 0 Å². The lowest BCUT2D eigenvalue weighted by molar-refractivity contribution is -0.118. The van der Waals surface area contributed by atoms with Crippen LogP contribution in [0.1, 0.15) is 34.1 Å². The van der Waals surface area contributed by atoms with Crippen molar-refractivity contribution in [1.29, 1.82) is 0 Å². The van der Waals surface area contributed by atoms with Crippen LogP contribution < -0.4 is 10.1 Å². The van der Waals surface area contributed by atoms with Gasteiger partial charge in [-0.3, -0.25) is 4.79 Å². The number of hydrogen-bond donors (Lipinski definition) is 1. The van der Waals surface area contributed by atoms with Gasteiger partial charge in [0.1, 0.15) is 5.75 Å². The van der Waals surface area contributed by atoms with E-state index in [-0.39, 0.29) is 11.3 Å². The summed E-state index contributed by atoms with van der Waals surface area (Å²) in [5.74, 6) is 1.85. The first kappa shape index (κ1) is 20.3. The van der Waals surface area contributed by atoms with E-state index in [1.807, 2.05) is 35.8 Å². The summed E-state index contributed by atoms with van der Waals surface area (Å²) in [7, 11) is 1.64. The molecule has 142 valence electrons. The third-order valence-corrected chi connectivity index (χ3v) is 4.88. The van der Waals surface area contributed by atoms with Crippen molar-refractivity contribution in [3.63, 3.8) is 0 Å². The number of thioether (sulfide) groups is 1. The Labute approximate surface area is 159 Å². The molecule has 0 aliphatic rings. The Morgan fingerprint density at radius 1 is 1.27 bits per heavy atom. The molecular formula is C19H28N4O2S. The largest absolute Gasteiger partial charge is 0.496 e. The molecule has 1 N–H and O–H groups in total.